The van der Waals surface area contributed by atoms with E-state index in [1.807, 2.05) is 6.92 Å². The lowest BCUT2D eigenvalue weighted by Crippen LogP contribution is -2.41. The molecule has 0 aliphatic carbocycles. The second-order valence-corrected chi connectivity index (χ2v) is 6.93. The van der Waals surface area contributed by atoms with Gasteiger partial charge in [0.15, 0.2) is 0 Å². The Hall–Kier alpha value is -3.63. The molecule has 2 aromatic rings. The monoisotopic (exact) mass is 411 g/mol. The SMILES string of the molecule is Cc1cc(C(=O)Oc2ccc(/C=N/NC(=O)C3CC(C)NN3)cc2)ccc1[N+](=O)[O-]. The number of amides is 1. The number of nitro groups is 1. The van der Waals surface area contributed by atoms with Gasteiger partial charge in [0.1, 0.15) is 11.8 Å². The van der Waals surface area contributed by atoms with Crippen molar-refractivity contribution in [3.63, 3.8) is 0 Å². The molecule has 10 nitrogen and oxygen atoms in total. The van der Waals surface area contributed by atoms with Gasteiger partial charge in [-0.2, -0.15) is 5.10 Å². The number of nitrogens with zero attached hydrogens (tertiary/aromatic N) is 2. The van der Waals surface area contributed by atoms with Gasteiger partial charge in [0.25, 0.3) is 11.6 Å². The van der Waals surface area contributed by atoms with E-state index in [4.69, 9.17) is 4.74 Å². The summed E-state index contributed by atoms with van der Waals surface area (Å²) in [5.74, 6) is -0.534. The van der Waals surface area contributed by atoms with Crippen LogP contribution in [-0.2, 0) is 4.79 Å². The maximum atomic E-state index is 12.3. The second-order valence-electron chi connectivity index (χ2n) is 6.93. The minimum absolute atomic E-state index is 0.0585. The molecule has 1 heterocycles. The van der Waals surface area contributed by atoms with Crippen LogP contribution in [0.4, 0.5) is 5.69 Å². The summed E-state index contributed by atoms with van der Waals surface area (Å²) < 4.78 is 5.29. The van der Waals surface area contributed by atoms with Crippen molar-refractivity contribution in [2.75, 3.05) is 0 Å². The maximum absolute atomic E-state index is 12.3. The Balaban J connectivity index is 1.55. The van der Waals surface area contributed by atoms with Crippen LogP contribution in [-0.4, -0.2) is 35.1 Å². The Morgan fingerprint density at radius 1 is 1.23 bits per heavy atom. The summed E-state index contributed by atoms with van der Waals surface area (Å²) in [6.07, 6.45) is 2.16. The van der Waals surface area contributed by atoms with Crippen molar-refractivity contribution in [2.24, 2.45) is 5.10 Å². The Morgan fingerprint density at radius 3 is 2.57 bits per heavy atom. The highest BCUT2D eigenvalue weighted by Gasteiger charge is 2.26. The third-order valence-electron chi connectivity index (χ3n) is 4.52. The maximum Gasteiger partial charge on any atom is 0.343 e. The van der Waals surface area contributed by atoms with Crippen LogP contribution in [0.5, 0.6) is 5.75 Å². The molecule has 0 spiro atoms. The fraction of sp³-hybridized carbons (Fsp3) is 0.250. The van der Waals surface area contributed by atoms with Gasteiger partial charge in [-0.1, -0.05) is 0 Å². The second kappa shape index (κ2) is 9.25. The van der Waals surface area contributed by atoms with E-state index in [-0.39, 0.29) is 29.2 Å². The van der Waals surface area contributed by atoms with Crippen LogP contribution >= 0.6 is 0 Å². The average Bonchev–Trinajstić information content (AvgIpc) is 3.15. The lowest BCUT2D eigenvalue weighted by molar-refractivity contribution is -0.385. The third kappa shape index (κ3) is 5.25. The lowest BCUT2D eigenvalue weighted by atomic mass is 10.1. The van der Waals surface area contributed by atoms with Crippen LogP contribution in [0.3, 0.4) is 0 Å². The number of hydrazine groups is 1. The molecule has 0 saturated carbocycles. The van der Waals surface area contributed by atoms with E-state index >= 15 is 0 Å². The number of hydrogen-bond donors (Lipinski definition) is 3. The molecule has 0 bridgehead atoms. The topological polar surface area (TPSA) is 135 Å². The molecular formula is C20H21N5O5. The molecular weight excluding hydrogens is 390 g/mol. The number of carbonyl (C=O) groups excluding carboxylic acids is 2. The van der Waals surface area contributed by atoms with E-state index in [2.05, 4.69) is 21.4 Å². The molecule has 3 rings (SSSR count). The van der Waals surface area contributed by atoms with Crippen LogP contribution in [0.25, 0.3) is 0 Å². The van der Waals surface area contributed by atoms with Gasteiger partial charge in [0, 0.05) is 17.7 Å². The van der Waals surface area contributed by atoms with Crippen LogP contribution < -0.4 is 21.0 Å². The summed E-state index contributed by atoms with van der Waals surface area (Å²) in [5, 5.41) is 14.8. The molecule has 3 N–H and O–H groups in total. The van der Waals surface area contributed by atoms with E-state index in [1.165, 1.54) is 24.4 Å². The molecule has 1 amide bonds. The number of ether oxygens (including phenoxy) is 1. The van der Waals surface area contributed by atoms with Crippen molar-refractivity contribution in [1.82, 2.24) is 16.3 Å². The molecule has 30 heavy (non-hydrogen) atoms. The third-order valence-corrected chi connectivity index (χ3v) is 4.52. The fourth-order valence-electron chi connectivity index (χ4n) is 2.91. The van der Waals surface area contributed by atoms with Gasteiger partial charge in [-0.3, -0.25) is 20.3 Å². The molecule has 1 saturated heterocycles. The number of rotatable bonds is 6. The molecule has 1 aliphatic heterocycles. The lowest BCUT2D eigenvalue weighted by Gasteiger charge is -2.07. The van der Waals surface area contributed by atoms with Crippen molar-refractivity contribution < 1.29 is 19.2 Å². The number of carbonyl (C=O) groups is 2. The number of nitrogens with one attached hydrogen (secondary N) is 3. The molecule has 2 unspecified atom stereocenters. The Morgan fingerprint density at radius 2 is 1.97 bits per heavy atom. The van der Waals surface area contributed by atoms with E-state index in [0.717, 1.165) is 0 Å². The first-order chi connectivity index (χ1) is 14.3. The number of nitro benzene ring substituents is 1. The number of aryl methyl sites for hydroxylation is 1. The van der Waals surface area contributed by atoms with Gasteiger partial charge < -0.3 is 4.74 Å². The number of benzene rings is 2. The van der Waals surface area contributed by atoms with Gasteiger partial charge in [-0.05, 0) is 62.2 Å². The summed E-state index contributed by atoms with van der Waals surface area (Å²) in [7, 11) is 0. The Labute approximate surface area is 172 Å². The predicted octanol–water partition coefficient (Wildman–Crippen LogP) is 1.83. The predicted molar refractivity (Wildman–Crippen MR) is 109 cm³/mol. The zero-order chi connectivity index (χ0) is 21.7. The summed E-state index contributed by atoms with van der Waals surface area (Å²) in [6.45, 7) is 3.53. The summed E-state index contributed by atoms with van der Waals surface area (Å²) in [4.78, 5) is 34.6. The summed E-state index contributed by atoms with van der Waals surface area (Å²) >= 11 is 0. The zero-order valence-electron chi connectivity index (χ0n) is 16.4. The van der Waals surface area contributed by atoms with E-state index in [9.17, 15) is 19.7 Å². The first kappa shape index (κ1) is 21.1. The molecule has 1 fully saturated rings. The Bertz CT molecular complexity index is 990. The average molecular weight is 411 g/mol. The number of hydrazone groups is 1. The largest absolute Gasteiger partial charge is 0.423 e. The summed E-state index contributed by atoms with van der Waals surface area (Å²) in [5.41, 5.74) is 9.57. The van der Waals surface area contributed by atoms with Gasteiger partial charge in [-0.15, -0.1) is 0 Å². The van der Waals surface area contributed by atoms with E-state index < -0.39 is 10.9 Å². The van der Waals surface area contributed by atoms with Gasteiger partial charge in [-0.25, -0.2) is 15.6 Å². The highest BCUT2D eigenvalue weighted by Crippen LogP contribution is 2.20. The van der Waals surface area contributed by atoms with Crippen molar-refractivity contribution >= 4 is 23.8 Å². The highest BCUT2D eigenvalue weighted by molar-refractivity contribution is 5.92. The van der Waals surface area contributed by atoms with E-state index in [0.29, 0.717) is 23.3 Å². The first-order valence-corrected chi connectivity index (χ1v) is 9.25. The molecule has 2 aromatic carbocycles. The number of hydrogen-bond acceptors (Lipinski definition) is 8. The molecule has 0 radical (unpaired) electrons. The van der Waals surface area contributed by atoms with Crippen molar-refractivity contribution in [2.45, 2.75) is 32.4 Å². The van der Waals surface area contributed by atoms with Gasteiger partial charge >= 0.3 is 5.97 Å². The Kier molecular flexibility index (Phi) is 6.50. The molecule has 156 valence electrons. The molecule has 2 atom stereocenters. The molecule has 0 aromatic heterocycles. The minimum atomic E-state index is -0.617. The van der Waals surface area contributed by atoms with Crippen LogP contribution in [0.2, 0.25) is 0 Å². The van der Waals surface area contributed by atoms with Crippen molar-refractivity contribution in [3.8, 4) is 5.75 Å². The highest BCUT2D eigenvalue weighted by atomic mass is 16.6. The minimum Gasteiger partial charge on any atom is -0.423 e. The van der Waals surface area contributed by atoms with Gasteiger partial charge in [0.2, 0.25) is 0 Å². The zero-order valence-corrected chi connectivity index (χ0v) is 16.4. The van der Waals surface area contributed by atoms with E-state index in [1.54, 1.807) is 31.2 Å². The van der Waals surface area contributed by atoms with Crippen molar-refractivity contribution in [3.05, 3.63) is 69.3 Å². The fourth-order valence-corrected chi connectivity index (χ4v) is 2.91. The van der Waals surface area contributed by atoms with Crippen LogP contribution in [0.1, 0.15) is 34.8 Å². The van der Waals surface area contributed by atoms with Crippen LogP contribution in [0, 0.1) is 17.0 Å². The normalized spacial score (nSPS) is 18.3. The first-order valence-electron chi connectivity index (χ1n) is 9.25. The van der Waals surface area contributed by atoms with Gasteiger partial charge in [0.05, 0.1) is 16.7 Å². The smallest absolute Gasteiger partial charge is 0.343 e. The summed E-state index contributed by atoms with van der Waals surface area (Å²) in [6, 6.07) is 10.5. The van der Waals surface area contributed by atoms with Crippen LogP contribution in [0.15, 0.2) is 47.6 Å². The number of esters is 1. The standard InChI is InChI=1S/C20H21N5O5/c1-12-9-15(5-8-18(12)25(28)29)20(27)30-16-6-3-14(4-7-16)11-21-24-19(26)17-10-13(2)22-23-17/h3-9,11,13,17,22-23H,10H2,1-2H3,(H,24,26)/b21-11+. The van der Waals surface area contributed by atoms with Crippen molar-refractivity contribution in [1.29, 1.82) is 0 Å². The molecule has 1 aliphatic rings. The quantitative estimate of drug-likeness (QED) is 0.217. The molecule has 10 heteroatoms.